The molecular formula is C20H29ClN2O4. The van der Waals surface area contributed by atoms with Crippen LogP contribution in [0.4, 0.5) is 4.79 Å². The van der Waals surface area contributed by atoms with Crippen molar-refractivity contribution in [2.45, 2.75) is 65.2 Å². The summed E-state index contributed by atoms with van der Waals surface area (Å²) in [4.78, 5) is 24.7. The zero-order valence-corrected chi connectivity index (χ0v) is 17.6. The van der Waals surface area contributed by atoms with Crippen molar-refractivity contribution in [3.63, 3.8) is 0 Å². The molecule has 150 valence electrons. The van der Waals surface area contributed by atoms with E-state index in [1.807, 2.05) is 45.0 Å². The molecule has 0 spiro atoms. The molecule has 0 aliphatic rings. The summed E-state index contributed by atoms with van der Waals surface area (Å²) in [5.41, 5.74) is 6.35. The van der Waals surface area contributed by atoms with Crippen molar-refractivity contribution in [1.29, 1.82) is 0 Å². The van der Waals surface area contributed by atoms with Gasteiger partial charge in [-0.25, -0.2) is 4.79 Å². The topological polar surface area (TPSA) is 83.5 Å². The Morgan fingerprint density at radius 2 is 1.59 bits per heavy atom. The Labute approximate surface area is 166 Å². The van der Waals surface area contributed by atoms with Gasteiger partial charge in [-0.2, -0.15) is 0 Å². The predicted octanol–water partition coefficient (Wildman–Crippen LogP) is 4.06. The molecule has 1 atom stereocenters. The Morgan fingerprint density at radius 1 is 1.04 bits per heavy atom. The van der Waals surface area contributed by atoms with Crippen LogP contribution in [-0.2, 0) is 20.7 Å². The molecule has 0 amide bonds. The molecule has 2 rings (SSSR count). The second kappa shape index (κ2) is 8.31. The third kappa shape index (κ3) is 6.26. The maximum absolute atomic E-state index is 12.5. The van der Waals surface area contributed by atoms with E-state index in [-0.39, 0.29) is 18.8 Å². The van der Waals surface area contributed by atoms with E-state index in [9.17, 15) is 9.59 Å². The lowest BCUT2D eigenvalue weighted by Gasteiger charge is -2.22. The van der Waals surface area contributed by atoms with Crippen LogP contribution in [0.2, 0.25) is 0 Å². The second-order valence-corrected chi connectivity index (χ2v) is 8.37. The molecule has 0 radical (unpaired) electrons. The highest BCUT2D eigenvalue weighted by molar-refractivity contribution is 5.92. The SMILES string of the molecule is CC(C)(C)OC(=O)[C@@H](N)Cc1cn(C(=O)OC(C)(C)C)c2ccccc12.Cl. The van der Waals surface area contributed by atoms with Crippen molar-refractivity contribution >= 4 is 35.4 Å². The van der Waals surface area contributed by atoms with Crippen molar-refractivity contribution in [3.8, 4) is 0 Å². The lowest BCUT2D eigenvalue weighted by Crippen LogP contribution is -2.38. The maximum Gasteiger partial charge on any atom is 0.419 e. The van der Waals surface area contributed by atoms with Crippen molar-refractivity contribution in [2.24, 2.45) is 5.73 Å². The normalized spacial score (nSPS) is 13.0. The number of fused-ring (bicyclic) bond motifs is 1. The fourth-order valence-corrected chi connectivity index (χ4v) is 2.57. The fraction of sp³-hybridized carbons (Fsp3) is 0.500. The van der Waals surface area contributed by atoms with Gasteiger partial charge in [0.25, 0.3) is 0 Å². The number of carbonyl (C=O) groups is 2. The van der Waals surface area contributed by atoms with Gasteiger partial charge < -0.3 is 15.2 Å². The number of ether oxygens (including phenoxy) is 2. The van der Waals surface area contributed by atoms with E-state index in [1.165, 1.54) is 4.57 Å². The van der Waals surface area contributed by atoms with E-state index in [4.69, 9.17) is 15.2 Å². The summed E-state index contributed by atoms with van der Waals surface area (Å²) >= 11 is 0. The molecule has 0 saturated heterocycles. The van der Waals surface area contributed by atoms with E-state index < -0.39 is 29.3 Å². The van der Waals surface area contributed by atoms with Crippen molar-refractivity contribution in [2.75, 3.05) is 0 Å². The summed E-state index contributed by atoms with van der Waals surface area (Å²) in [5.74, 6) is -0.466. The number of esters is 1. The summed E-state index contributed by atoms with van der Waals surface area (Å²) < 4.78 is 12.3. The largest absolute Gasteiger partial charge is 0.459 e. The van der Waals surface area contributed by atoms with Crippen molar-refractivity contribution < 1.29 is 19.1 Å². The van der Waals surface area contributed by atoms with E-state index in [1.54, 1.807) is 27.0 Å². The molecule has 1 aromatic carbocycles. The minimum absolute atomic E-state index is 0. The molecule has 0 saturated carbocycles. The number of halogens is 1. The number of hydrogen-bond acceptors (Lipinski definition) is 5. The molecule has 0 unspecified atom stereocenters. The number of hydrogen-bond donors (Lipinski definition) is 1. The monoisotopic (exact) mass is 396 g/mol. The number of para-hydroxylation sites is 1. The first-order valence-corrected chi connectivity index (χ1v) is 8.68. The van der Waals surface area contributed by atoms with E-state index in [2.05, 4.69) is 0 Å². The third-order valence-corrected chi connectivity index (χ3v) is 3.53. The minimum Gasteiger partial charge on any atom is -0.459 e. The summed E-state index contributed by atoms with van der Waals surface area (Å²) in [6.45, 7) is 10.8. The van der Waals surface area contributed by atoms with Gasteiger partial charge in [-0.15, -0.1) is 12.4 Å². The second-order valence-electron chi connectivity index (χ2n) is 8.37. The Balaban J connectivity index is 0.00000364. The summed E-state index contributed by atoms with van der Waals surface area (Å²) in [6, 6.07) is 6.65. The van der Waals surface area contributed by atoms with Gasteiger partial charge in [0.05, 0.1) is 5.52 Å². The Morgan fingerprint density at radius 3 is 2.15 bits per heavy atom. The van der Waals surface area contributed by atoms with Crippen LogP contribution in [0.5, 0.6) is 0 Å². The van der Waals surface area contributed by atoms with Crippen LogP contribution >= 0.6 is 12.4 Å². The molecule has 0 aliphatic carbocycles. The number of benzene rings is 1. The molecule has 1 aromatic heterocycles. The summed E-state index contributed by atoms with van der Waals surface area (Å²) in [5, 5.41) is 0.859. The van der Waals surface area contributed by atoms with Gasteiger partial charge in [0.2, 0.25) is 0 Å². The first-order valence-electron chi connectivity index (χ1n) is 8.68. The highest BCUT2D eigenvalue weighted by Gasteiger charge is 2.25. The molecular weight excluding hydrogens is 368 g/mol. The van der Waals surface area contributed by atoms with Crippen LogP contribution in [-0.4, -0.2) is 33.9 Å². The number of aromatic nitrogens is 1. The maximum atomic E-state index is 12.5. The number of nitrogens with zero attached hydrogens (tertiary/aromatic N) is 1. The Kier molecular flexibility index (Phi) is 7.08. The van der Waals surface area contributed by atoms with Gasteiger partial charge in [-0.1, -0.05) is 18.2 Å². The van der Waals surface area contributed by atoms with Crippen LogP contribution in [0.3, 0.4) is 0 Å². The summed E-state index contributed by atoms with van der Waals surface area (Å²) in [7, 11) is 0. The van der Waals surface area contributed by atoms with Gasteiger partial charge in [0.1, 0.15) is 17.2 Å². The molecule has 27 heavy (non-hydrogen) atoms. The minimum atomic E-state index is -0.813. The zero-order valence-electron chi connectivity index (χ0n) is 16.7. The average molecular weight is 397 g/mol. The van der Waals surface area contributed by atoms with Crippen LogP contribution in [0.15, 0.2) is 30.5 Å². The average Bonchev–Trinajstić information content (AvgIpc) is 2.83. The van der Waals surface area contributed by atoms with Gasteiger partial charge in [0, 0.05) is 18.0 Å². The molecule has 0 aliphatic heterocycles. The molecule has 1 heterocycles. The highest BCUT2D eigenvalue weighted by atomic mass is 35.5. The Bertz CT molecular complexity index is 815. The van der Waals surface area contributed by atoms with Gasteiger partial charge >= 0.3 is 12.1 Å². The van der Waals surface area contributed by atoms with Crippen LogP contribution in [0.25, 0.3) is 10.9 Å². The molecule has 2 N–H and O–H groups in total. The zero-order chi connectivity index (χ0) is 19.7. The predicted molar refractivity (Wildman–Crippen MR) is 108 cm³/mol. The highest BCUT2D eigenvalue weighted by Crippen LogP contribution is 2.24. The molecule has 6 nitrogen and oxygen atoms in total. The van der Waals surface area contributed by atoms with Crippen LogP contribution < -0.4 is 5.73 Å². The van der Waals surface area contributed by atoms with E-state index in [0.29, 0.717) is 5.52 Å². The van der Waals surface area contributed by atoms with Gasteiger partial charge in [-0.3, -0.25) is 9.36 Å². The quantitative estimate of drug-likeness (QED) is 0.791. The molecule has 0 bridgehead atoms. The van der Waals surface area contributed by atoms with Crippen molar-refractivity contribution in [3.05, 3.63) is 36.0 Å². The van der Waals surface area contributed by atoms with Crippen LogP contribution in [0.1, 0.15) is 47.1 Å². The van der Waals surface area contributed by atoms with Crippen LogP contribution in [0, 0.1) is 0 Å². The van der Waals surface area contributed by atoms with E-state index in [0.717, 1.165) is 10.9 Å². The van der Waals surface area contributed by atoms with E-state index >= 15 is 0 Å². The Hall–Kier alpha value is -2.05. The smallest absolute Gasteiger partial charge is 0.419 e. The van der Waals surface area contributed by atoms with Gasteiger partial charge in [0.15, 0.2) is 0 Å². The standard InChI is InChI=1S/C20H28N2O4.ClH/c1-19(2,3)25-17(23)15(21)11-13-12-22(18(24)26-20(4,5)6)16-10-8-7-9-14(13)16;/h7-10,12,15H,11,21H2,1-6H3;1H/t15-;/m0./s1. The first-order chi connectivity index (χ1) is 11.9. The number of rotatable bonds is 3. The fourth-order valence-electron chi connectivity index (χ4n) is 2.57. The number of carbonyl (C=O) groups excluding carboxylic acids is 2. The van der Waals surface area contributed by atoms with Gasteiger partial charge in [-0.05, 0) is 53.2 Å². The lowest BCUT2D eigenvalue weighted by molar-refractivity contribution is -0.156. The molecule has 7 heteroatoms. The molecule has 2 aromatic rings. The first kappa shape index (κ1) is 23.0. The third-order valence-electron chi connectivity index (χ3n) is 3.53. The number of nitrogens with two attached hydrogens (primary N) is 1. The van der Waals surface area contributed by atoms with Crippen molar-refractivity contribution in [1.82, 2.24) is 4.57 Å². The summed E-state index contributed by atoms with van der Waals surface area (Å²) in [6.07, 6.45) is 1.49. The molecule has 0 fully saturated rings. The lowest BCUT2D eigenvalue weighted by atomic mass is 10.1.